The highest BCUT2D eigenvalue weighted by atomic mass is 32.2. The van der Waals surface area contributed by atoms with Crippen molar-refractivity contribution in [2.24, 2.45) is 5.92 Å². The number of benzene rings is 1. The lowest BCUT2D eigenvalue weighted by Crippen LogP contribution is -2.34. The van der Waals surface area contributed by atoms with Gasteiger partial charge in [0.05, 0.1) is 4.90 Å². The Morgan fingerprint density at radius 2 is 1.85 bits per heavy atom. The maximum atomic E-state index is 12.7. The maximum absolute atomic E-state index is 12.7. The van der Waals surface area contributed by atoms with Crippen LogP contribution in [-0.2, 0) is 14.8 Å². The van der Waals surface area contributed by atoms with E-state index in [-0.39, 0.29) is 17.7 Å². The van der Waals surface area contributed by atoms with Gasteiger partial charge in [-0.1, -0.05) is 17.7 Å². The predicted molar refractivity (Wildman–Crippen MR) is 75.7 cm³/mol. The number of carbonyl (C=O) groups is 1. The first-order chi connectivity index (χ1) is 9.39. The molecule has 106 valence electrons. The molecule has 0 bridgehead atoms. The molecule has 1 aromatic rings. The number of hydrogen-bond acceptors (Lipinski definition) is 3. The molecule has 0 spiro atoms. The van der Waals surface area contributed by atoms with Crippen LogP contribution >= 0.6 is 0 Å². The molecule has 1 aliphatic carbocycles. The molecule has 0 amide bonds. The summed E-state index contributed by atoms with van der Waals surface area (Å²) in [6.45, 7) is 4.20. The van der Waals surface area contributed by atoms with Crippen LogP contribution in [0.4, 0.5) is 0 Å². The normalized spacial score (nSPS) is 26.7. The predicted octanol–water partition coefficient (Wildman–Crippen LogP) is 1.90. The molecule has 0 N–H and O–H groups in total. The number of hydrogen-bond donors (Lipinski definition) is 0. The number of rotatable bonds is 2. The Kier molecular flexibility index (Phi) is 3.06. The van der Waals surface area contributed by atoms with Crippen LogP contribution < -0.4 is 0 Å². The first kappa shape index (κ1) is 13.5. The minimum atomic E-state index is -3.48. The number of ketones is 1. The highest BCUT2D eigenvalue weighted by Crippen LogP contribution is 2.38. The van der Waals surface area contributed by atoms with E-state index >= 15 is 0 Å². The second-order valence-electron chi connectivity index (χ2n) is 5.58. The zero-order chi connectivity index (χ0) is 14.5. The molecule has 1 fully saturated rings. The van der Waals surface area contributed by atoms with Crippen LogP contribution in [0, 0.1) is 12.8 Å². The summed E-state index contributed by atoms with van der Waals surface area (Å²) in [6, 6.07) is 6.67. The number of nitrogens with zero attached hydrogens (tertiary/aromatic N) is 1. The van der Waals surface area contributed by atoms with E-state index in [1.54, 1.807) is 30.3 Å². The minimum absolute atomic E-state index is 0.0673. The number of allylic oxidation sites excluding steroid dienone is 1. The lowest BCUT2D eigenvalue weighted by atomic mass is 10.0. The molecular weight excluding hydrogens is 274 g/mol. The Hall–Kier alpha value is -1.46. The van der Waals surface area contributed by atoms with Crippen LogP contribution in [0.3, 0.4) is 0 Å². The summed E-state index contributed by atoms with van der Waals surface area (Å²) in [4.78, 5) is 11.7. The summed E-state index contributed by atoms with van der Waals surface area (Å²) in [5.41, 5.74) is 1.99. The van der Waals surface area contributed by atoms with E-state index in [0.29, 0.717) is 17.9 Å². The highest BCUT2D eigenvalue weighted by Gasteiger charge is 2.44. The molecule has 0 aromatic heterocycles. The maximum Gasteiger partial charge on any atom is 0.243 e. The molecule has 2 aliphatic rings. The van der Waals surface area contributed by atoms with Crippen molar-refractivity contribution in [3.8, 4) is 0 Å². The van der Waals surface area contributed by atoms with E-state index in [4.69, 9.17) is 0 Å². The molecule has 20 heavy (non-hydrogen) atoms. The van der Waals surface area contributed by atoms with E-state index in [2.05, 4.69) is 0 Å². The standard InChI is InChI=1S/C15H17NO3S/c1-10-3-5-14(6-4-10)20(18,19)16-9-12-7-13(17)8-15(12)11(16)2/h3-6,8,11-12H,7,9H2,1-2H3/t11-,12-/m1/s1. The van der Waals surface area contributed by atoms with Crippen LogP contribution in [0.2, 0.25) is 0 Å². The first-order valence-corrected chi connectivity index (χ1v) is 8.16. The average Bonchev–Trinajstić information content (AvgIpc) is 2.89. The van der Waals surface area contributed by atoms with Crippen molar-refractivity contribution in [2.45, 2.75) is 31.2 Å². The third-order valence-corrected chi connectivity index (χ3v) is 6.14. The fourth-order valence-corrected chi connectivity index (χ4v) is 4.71. The van der Waals surface area contributed by atoms with Crippen molar-refractivity contribution < 1.29 is 13.2 Å². The average molecular weight is 291 g/mol. The van der Waals surface area contributed by atoms with Gasteiger partial charge >= 0.3 is 0 Å². The SMILES string of the molecule is Cc1ccc(S(=O)(=O)N2C[C@H]3CC(=O)C=C3[C@H]2C)cc1. The molecule has 2 atom stereocenters. The third kappa shape index (κ3) is 2.01. The van der Waals surface area contributed by atoms with Gasteiger partial charge in [0.25, 0.3) is 0 Å². The van der Waals surface area contributed by atoms with Crippen LogP contribution in [0.5, 0.6) is 0 Å². The fraction of sp³-hybridized carbons (Fsp3) is 0.400. The number of fused-ring (bicyclic) bond motifs is 1. The van der Waals surface area contributed by atoms with E-state index in [1.165, 1.54) is 4.31 Å². The van der Waals surface area contributed by atoms with Crippen molar-refractivity contribution in [2.75, 3.05) is 6.54 Å². The van der Waals surface area contributed by atoms with E-state index in [0.717, 1.165) is 11.1 Å². The summed E-state index contributed by atoms with van der Waals surface area (Å²) >= 11 is 0. The number of carbonyl (C=O) groups excluding carboxylic acids is 1. The van der Waals surface area contributed by atoms with Crippen molar-refractivity contribution in [3.63, 3.8) is 0 Å². The topological polar surface area (TPSA) is 54.5 Å². The molecule has 5 heteroatoms. The van der Waals surface area contributed by atoms with Gasteiger partial charge in [0.1, 0.15) is 0 Å². The molecule has 4 nitrogen and oxygen atoms in total. The summed E-state index contributed by atoms with van der Waals surface area (Å²) in [7, 11) is -3.48. The van der Waals surface area contributed by atoms with Crippen LogP contribution in [0.1, 0.15) is 18.9 Å². The smallest absolute Gasteiger partial charge is 0.243 e. The third-order valence-electron chi connectivity index (χ3n) is 4.19. The van der Waals surface area contributed by atoms with Gasteiger partial charge in [0.15, 0.2) is 5.78 Å². The first-order valence-electron chi connectivity index (χ1n) is 6.72. The van der Waals surface area contributed by atoms with Crippen LogP contribution in [-0.4, -0.2) is 31.1 Å². The van der Waals surface area contributed by atoms with Gasteiger partial charge in [-0.05, 0) is 37.6 Å². The van der Waals surface area contributed by atoms with Gasteiger partial charge < -0.3 is 0 Å². The Bertz CT molecular complexity index is 688. The fourth-order valence-electron chi connectivity index (χ4n) is 3.05. The second kappa shape index (κ2) is 4.53. The zero-order valence-corrected chi connectivity index (χ0v) is 12.4. The number of sulfonamides is 1. The van der Waals surface area contributed by atoms with E-state index in [1.807, 2.05) is 13.8 Å². The molecule has 1 saturated heterocycles. The van der Waals surface area contributed by atoms with Gasteiger partial charge in [0.2, 0.25) is 10.0 Å². The molecule has 0 saturated carbocycles. The molecule has 1 heterocycles. The monoisotopic (exact) mass is 291 g/mol. The van der Waals surface area contributed by atoms with E-state index < -0.39 is 10.0 Å². The van der Waals surface area contributed by atoms with Gasteiger partial charge in [-0.3, -0.25) is 4.79 Å². The van der Waals surface area contributed by atoms with Crippen molar-refractivity contribution in [3.05, 3.63) is 41.5 Å². The molecule has 3 rings (SSSR count). The molecule has 0 unspecified atom stereocenters. The van der Waals surface area contributed by atoms with Crippen molar-refractivity contribution in [1.82, 2.24) is 4.31 Å². The Morgan fingerprint density at radius 1 is 1.20 bits per heavy atom. The van der Waals surface area contributed by atoms with Gasteiger partial charge in [-0.2, -0.15) is 4.31 Å². The second-order valence-corrected chi connectivity index (χ2v) is 7.47. The van der Waals surface area contributed by atoms with E-state index in [9.17, 15) is 13.2 Å². The van der Waals surface area contributed by atoms with Gasteiger partial charge in [-0.15, -0.1) is 0 Å². The lowest BCUT2D eigenvalue weighted by molar-refractivity contribution is -0.114. The van der Waals surface area contributed by atoms with Crippen LogP contribution in [0.15, 0.2) is 40.8 Å². The lowest BCUT2D eigenvalue weighted by Gasteiger charge is -2.21. The Labute approximate surface area is 119 Å². The Balaban J connectivity index is 1.95. The molecule has 0 radical (unpaired) electrons. The molecule has 1 aliphatic heterocycles. The van der Waals surface area contributed by atoms with Crippen LogP contribution in [0.25, 0.3) is 0 Å². The quantitative estimate of drug-likeness (QED) is 0.836. The largest absolute Gasteiger partial charge is 0.295 e. The number of aryl methyl sites for hydroxylation is 1. The molecular formula is C15H17NO3S. The highest BCUT2D eigenvalue weighted by molar-refractivity contribution is 7.89. The summed E-state index contributed by atoms with van der Waals surface area (Å²) in [5, 5.41) is 0. The minimum Gasteiger partial charge on any atom is -0.295 e. The van der Waals surface area contributed by atoms with Gasteiger partial charge in [-0.25, -0.2) is 8.42 Å². The van der Waals surface area contributed by atoms with Gasteiger partial charge in [0, 0.05) is 24.9 Å². The summed E-state index contributed by atoms with van der Waals surface area (Å²) in [5.74, 6) is 0.182. The van der Waals surface area contributed by atoms with Crippen molar-refractivity contribution >= 4 is 15.8 Å². The molecule has 1 aromatic carbocycles. The Morgan fingerprint density at radius 3 is 2.45 bits per heavy atom. The zero-order valence-electron chi connectivity index (χ0n) is 11.5. The summed E-state index contributed by atoms with van der Waals surface area (Å²) < 4.78 is 26.9. The summed E-state index contributed by atoms with van der Waals surface area (Å²) in [6.07, 6.45) is 2.07. The van der Waals surface area contributed by atoms with Crippen molar-refractivity contribution in [1.29, 1.82) is 0 Å².